The van der Waals surface area contributed by atoms with E-state index in [9.17, 15) is 15.0 Å². The third-order valence-corrected chi connectivity index (χ3v) is 7.17. The maximum absolute atomic E-state index is 12.0. The number of aliphatic hydroxyl groups is 2. The number of pyridine rings is 1. The van der Waals surface area contributed by atoms with Crippen LogP contribution in [-0.4, -0.2) is 56.4 Å². The third-order valence-electron chi connectivity index (χ3n) is 6.88. The summed E-state index contributed by atoms with van der Waals surface area (Å²) in [5, 5.41) is 22.6. The van der Waals surface area contributed by atoms with E-state index in [1.54, 1.807) is 6.07 Å². The van der Waals surface area contributed by atoms with Gasteiger partial charge in [0.05, 0.1) is 28.8 Å². The second-order valence-electron chi connectivity index (χ2n) is 9.38. The lowest BCUT2D eigenvalue weighted by molar-refractivity contribution is -0.120. The van der Waals surface area contributed by atoms with Gasteiger partial charge in [0.2, 0.25) is 5.91 Å². The molecule has 2 aliphatic heterocycles. The number of benzene rings is 2. The molecule has 2 aromatic carbocycles. The largest absolute Gasteiger partial charge is 0.489 e. The second-order valence-corrected chi connectivity index (χ2v) is 9.79. The molecule has 1 saturated heterocycles. The predicted octanol–water partition coefficient (Wildman–Crippen LogP) is 3.91. The maximum atomic E-state index is 12.0. The number of carbonyl (C=O) groups is 1. The molecule has 9 nitrogen and oxygen atoms in total. The minimum absolute atomic E-state index is 0.0690. The van der Waals surface area contributed by atoms with Crippen LogP contribution in [0.4, 0.5) is 0 Å². The summed E-state index contributed by atoms with van der Waals surface area (Å²) in [6, 6.07) is 18.0. The minimum Gasteiger partial charge on any atom is -0.489 e. The molecule has 4 heterocycles. The quantitative estimate of drug-likeness (QED) is 0.296. The molecule has 4 aromatic rings. The normalized spacial score (nSPS) is 21.2. The number of aliphatic hydroxyl groups excluding tert-OH is 2. The molecule has 10 heteroatoms. The third kappa shape index (κ3) is 4.71. The number of nitrogens with zero attached hydrogens (tertiary/aromatic N) is 2. The van der Waals surface area contributed by atoms with Crippen LogP contribution < -0.4 is 10.1 Å². The number of imidazole rings is 1. The molecule has 0 saturated carbocycles. The lowest BCUT2D eigenvalue weighted by Crippen LogP contribution is -2.35. The standard InChI is InChI=1S/C28H25ClN4O5/c29-21-12-22-26(33-28(31-22)38-19-11-23(35)24(13-34)37-14-19)32-25(21)18-7-3-16(4-8-18)15-1-5-17(6-2-15)20-9-10-30-27(20)36/h1-8,12,14,20,23-24,34-35H,9-11,13H2,(H,30,36)(H,31,32,33)/t20?,23-,24+/m0/s1. The van der Waals surface area contributed by atoms with Crippen molar-refractivity contribution in [3.63, 3.8) is 0 Å². The molecule has 38 heavy (non-hydrogen) atoms. The highest BCUT2D eigenvalue weighted by atomic mass is 35.5. The van der Waals surface area contributed by atoms with Crippen LogP contribution in [0.1, 0.15) is 24.3 Å². The first-order valence-electron chi connectivity index (χ1n) is 12.3. The molecule has 6 rings (SSSR count). The van der Waals surface area contributed by atoms with Crippen LogP contribution in [0.5, 0.6) is 6.01 Å². The van der Waals surface area contributed by atoms with Gasteiger partial charge < -0.3 is 30.0 Å². The number of hydrogen-bond acceptors (Lipinski definition) is 7. The van der Waals surface area contributed by atoms with Crippen LogP contribution in [0.25, 0.3) is 33.5 Å². The van der Waals surface area contributed by atoms with E-state index in [-0.39, 0.29) is 30.9 Å². The molecule has 194 valence electrons. The zero-order valence-corrected chi connectivity index (χ0v) is 21.0. The zero-order valence-electron chi connectivity index (χ0n) is 20.2. The number of nitrogens with one attached hydrogen (secondary N) is 2. The fourth-order valence-electron chi connectivity index (χ4n) is 4.78. The van der Waals surface area contributed by atoms with E-state index in [0.717, 1.165) is 35.2 Å². The topological polar surface area (TPSA) is 130 Å². The van der Waals surface area contributed by atoms with Crippen molar-refractivity contribution >= 4 is 28.7 Å². The van der Waals surface area contributed by atoms with Gasteiger partial charge in [-0.25, -0.2) is 4.98 Å². The average molecular weight is 533 g/mol. The summed E-state index contributed by atoms with van der Waals surface area (Å²) in [5.41, 5.74) is 5.59. The lowest BCUT2D eigenvalue weighted by Gasteiger charge is -2.25. The van der Waals surface area contributed by atoms with Gasteiger partial charge in [-0.1, -0.05) is 60.1 Å². The van der Waals surface area contributed by atoms with Gasteiger partial charge in [-0.3, -0.25) is 4.79 Å². The number of halogens is 1. The number of H-pyrrole nitrogens is 1. The summed E-state index contributed by atoms with van der Waals surface area (Å²) in [7, 11) is 0. The van der Waals surface area contributed by atoms with Crippen molar-refractivity contribution in [2.24, 2.45) is 0 Å². The minimum atomic E-state index is -0.877. The molecular formula is C28H25ClN4O5. The van der Waals surface area contributed by atoms with Crippen molar-refractivity contribution in [2.45, 2.75) is 31.0 Å². The van der Waals surface area contributed by atoms with Gasteiger partial charge in [-0.2, -0.15) is 4.98 Å². The smallest absolute Gasteiger partial charge is 0.301 e. The highest BCUT2D eigenvalue weighted by Gasteiger charge is 2.27. The van der Waals surface area contributed by atoms with Gasteiger partial charge in [-0.05, 0) is 29.2 Å². The number of aromatic nitrogens is 3. The molecule has 3 atom stereocenters. The van der Waals surface area contributed by atoms with Crippen LogP contribution in [-0.2, 0) is 9.53 Å². The van der Waals surface area contributed by atoms with Gasteiger partial charge in [0.25, 0.3) is 0 Å². The van der Waals surface area contributed by atoms with Gasteiger partial charge in [0.15, 0.2) is 5.65 Å². The number of fused-ring (bicyclic) bond motifs is 1. The van der Waals surface area contributed by atoms with Crippen molar-refractivity contribution < 1.29 is 24.5 Å². The Morgan fingerprint density at radius 2 is 1.76 bits per heavy atom. The number of hydrogen-bond donors (Lipinski definition) is 4. The van der Waals surface area contributed by atoms with E-state index in [1.807, 2.05) is 48.5 Å². The summed E-state index contributed by atoms with van der Waals surface area (Å²) < 4.78 is 11.0. The van der Waals surface area contributed by atoms with Gasteiger partial charge >= 0.3 is 6.01 Å². The zero-order chi connectivity index (χ0) is 26.2. The Morgan fingerprint density at radius 3 is 2.42 bits per heavy atom. The van der Waals surface area contributed by atoms with Crippen molar-refractivity contribution in [3.05, 3.63) is 77.2 Å². The molecule has 0 aliphatic carbocycles. The van der Waals surface area contributed by atoms with E-state index in [2.05, 4.69) is 20.3 Å². The van der Waals surface area contributed by atoms with E-state index >= 15 is 0 Å². The van der Waals surface area contributed by atoms with Gasteiger partial charge in [0.1, 0.15) is 24.2 Å². The molecule has 2 aromatic heterocycles. The molecule has 0 bridgehead atoms. The van der Waals surface area contributed by atoms with Crippen LogP contribution >= 0.6 is 11.6 Å². The average Bonchev–Trinajstić information content (AvgIpc) is 3.53. The van der Waals surface area contributed by atoms with Crippen LogP contribution in [0, 0.1) is 0 Å². The summed E-state index contributed by atoms with van der Waals surface area (Å²) in [6.45, 7) is 0.444. The van der Waals surface area contributed by atoms with E-state index in [1.165, 1.54) is 6.26 Å². The molecule has 4 N–H and O–H groups in total. The Bertz CT molecular complexity index is 1520. The second kappa shape index (κ2) is 10.1. The first-order chi connectivity index (χ1) is 18.5. The van der Waals surface area contributed by atoms with Crippen LogP contribution in [0.2, 0.25) is 5.02 Å². The monoisotopic (exact) mass is 532 g/mol. The highest BCUT2D eigenvalue weighted by molar-refractivity contribution is 6.33. The van der Waals surface area contributed by atoms with E-state index < -0.39 is 12.2 Å². The molecular weight excluding hydrogens is 508 g/mol. The Balaban J connectivity index is 1.20. The Labute approximate surface area is 223 Å². The summed E-state index contributed by atoms with van der Waals surface area (Å²) >= 11 is 6.57. The fraction of sp³-hybridized carbons (Fsp3) is 0.250. The lowest BCUT2D eigenvalue weighted by atomic mass is 9.95. The van der Waals surface area contributed by atoms with Gasteiger partial charge in [0, 0.05) is 18.5 Å². The number of aromatic amines is 1. The van der Waals surface area contributed by atoms with Crippen molar-refractivity contribution in [1.29, 1.82) is 0 Å². The molecule has 1 amide bonds. The number of carbonyl (C=O) groups excluding carboxylic acids is 1. The van der Waals surface area contributed by atoms with Gasteiger partial charge in [-0.15, -0.1) is 0 Å². The predicted molar refractivity (Wildman–Crippen MR) is 141 cm³/mol. The molecule has 2 aliphatic rings. The van der Waals surface area contributed by atoms with E-state index in [4.69, 9.17) is 21.1 Å². The van der Waals surface area contributed by atoms with E-state index in [0.29, 0.717) is 27.6 Å². The van der Waals surface area contributed by atoms with Crippen molar-refractivity contribution in [3.8, 4) is 28.4 Å². The van der Waals surface area contributed by atoms with Crippen LogP contribution in [0.3, 0.4) is 0 Å². The summed E-state index contributed by atoms with van der Waals surface area (Å²) in [6.07, 6.45) is 0.833. The Morgan fingerprint density at radius 1 is 1.05 bits per heavy atom. The summed E-state index contributed by atoms with van der Waals surface area (Å²) in [4.78, 5) is 24.0. The number of amides is 1. The fourth-order valence-corrected chi connectivity index (χ4v) is 5.04. The first-order valence-corrected chi connectivity index (χ1v) is 12.7. The highest BCUT2D eigenvalue weighted by Crippen LogP contribution is 2.32. The number of ether oxygens (including phenoxy) is 2. The number of rotatable bonds is 6. The summed E-state index contributed by atoms with van der Waals surface area (Å²) in [5.74, 6) is 0.400. The Kier molecular flexibility index (Phi) is 6.49. The van der Waals surface area contributed by atoms with Crippen molar-refractivity contribution in [1.82, 2.24) is 20.3 Å². The SMILES string of the molecule is O=C1NCCC1c1ccc(-c2ccc(-c3nc4nc(OC5=CO[C@H](CO)[C@@H](O)C5)[nH]c4cc3Cl)cc2)cc1. The van der Waals surface area contributed by atoms with Crippen LogP contribution in [0.15, 0.2) is 66.6 Å². The Hall–Kier alpha value is -3.92. The first kappa shape index (κ1) is 24.4. The molecule has 1 fully saturated rings. The maximum Gasteiger partial charge on any atom is 0.301 e. The molecule has 0 spiro atoms. The molecule has 0 radical (unpaired) electrons. The van der Waals surface area contributed by atoms with Crippen molar-refractivity contribution in [2.75, 3.05) is 13.2 Å². The molecule has 1 unspecified atom stereocenters.